The third kappa shape index (κ3) is 7.80. The van der Waals surface area contributed by atoms with Crippen LogP contribution in [0, 0.1) is 0 Å². The molecule has 0 aromatic carbocycles. The summed E-state index contributed by atoms with van der Waals surface area (Å²) < 4.78 is 4.32. The van der Waals surface area contributed by atoms with Gasteiger partial charge in [-0.1, -0.05) is 0 Å². The summed E-state index contributed by atoms with van der Waals surface area (Å²) in [6.45, 7) is 0.212. The fraction of sp³-hybridized carbons (Fsp3) is 0.750. The van der Waals surface area contributed by atoms with Crippen LogP contribution in [0.1, 0.15) is 0 Å². The quantitative estimate of drug-likeness (QED) is 0.170. The second kappa shape index (κ2) is 6.60. The van der Waals surface area contributed by atoms with Crippen LogP contribution >= 0.6 is 8.60 Å². The number of hydrogen-bond acceptors (Lipinski definition) is 6. The number of carbonyl (C=O) groups is 1. The summed E-state index contributed by atoms with van der Waals surface area (Å²) in [5.41, 5.74) is 0. The maximum atomic E-state index is 9.78. The van der Waals surface area contributed by atoms with Crippen molar-refractivity contribution < 1.29 is 24.2 Å². The van der Waals surface area contributed by atoms with Gasteiger partial charge in [-0.25, -0.2) is 0 Å². The lowest BCUT2D eigenvalue weighted by Gasteiger charge is -2.06. The summed E-state index contributed by atoms with van der Waals surface area (Å²) >= 11 is 0. The molecule has 0 amide bonds. The Balaban J connectivity index is 3.07. The molecule has 66 valence electrons. The number of aliphatic hydroxyl groups excluding tert-OH is 1. The third-order valence-electron chi connectivity index (χ3n) is 0.791. The van der Waals surface area contributed by atoms with Crippen LogP contribution in [0.3, 0.4) is 0 Å². The fourth-order valence-electron chi connectivity index (χ4n) is 0.382. The summed E-state index contributed by atoms with van der Waals surface area (Å²) in [4.78, 5) is 26.2. The Kier molecular flexibility index (Phi) is 6.54. The van der Waals surface area contributed by atoms with Gasteiger partial charge in [0.1, 0.15) is 0 Å². The predicted molar refractivity (Wildman–Crippen MR) is 37.4 cm³/mol. The van der Waals surface area contributed by atoms with E-state index in [1.165, 1.54) is 0 Å². The Hall–Kier alpha value is -0.1000. The molecule has 1 unspecified atom stereocenters. The zero-order valence-electron chi connectivity index (χ0n) is 5.67. The molecule has 0 saturated heterocycles. The maximum absolute atomic E-state index is 9.78. The minimum Gasteiger partial charge on any atom is -0.372 e. The van der Waals surface area contributed by atoms with E-state index in [4.69, 9.17) is 14.9 Å². The summed E-state index contributed by atoms with van der Waals surface area (Å²) in [7, 11) is -2.35. The van der Waals surface area contributed by atoms with Crippen molar-refractivity contribution in [1.29, 1.82) is 0 Å². The Morgan fingerprint density at radius 3 is 2.73 bits per heavy atom. The van der Waals surface area contributed by atoms with Crippen molar-refractivity contribution in [2.24, 2.45) is 0 Å². The van der Waals surface area contributed by atoms with E-state index in [9.17, 15) is 4.79 Å². The molecule has 0 aromatic heterocycles. The zero-order chi connectivity index (χ0) is 8.69. The van der Waals surface area contributed by atoms with E-state index in [0.29, 0.717) is 6.29 Å². The fourth-order valence-corrected chi connectivity index (χ4v) is 0.637. The van der Waals surface area contributed by atoms with E-state index in [0.717, 1.165) is 0 Å². The summed E-state index contributed by atoms with van der Waals surface area (Å²) in [6, 6.07) is 0. The number of nitrogens with one attached hydrogen (secondary N) is 1. The average molecular weight is 183 g/mol. The van der Waals surface area contributed by atoms with Crippen LogP contribution < -0.4 is 5.32 Å². The molecule has 0 spiro atoms. The first-order valence-corrected chi connectivity index (χ1v) is 4.01. The second-order valence-electron chi connectivity index (χ2n) is 1.62. The van der Waals surface area contributed by atoms with Gasteiger partial charge in [0.2, 0.25) is 0 Å². The standard InChI is InChI=1S/C4H10NO5P/c6-3-4(7)5-1-2-10-11(8)9/h3-5,7-9H,1-2H2. The Labute approximate surface area is 64.8 Å². The molecule has 6 nitrogen and oxygen atoms in total. The largest absolute Gasteiger partial charge is 0.372 e. The summed E-state index contributed by atoms with van der Waals surface area (Å²) in [5.74, 6) is 0. The van der Waals surface area contributed by atoms with E-state index >= 15 is 0 Å². The van der Waals surface area contributed by atoms with Gasteiger partial charge in [-0.05, 0) is 0 Å². The number of hydrogen-bond donors (Lipinski definition) is 4. The molecule has 0 saturated carbocycles. The third-order valence-corrected chi connectivity index (χ3v) is 1.20. The van der Waals surface area contributed by atoms with Crippen LogP contribution in [0.2, 0.25) is 0 Å². The Bertz CT molecular complexity index is 111. The van der Waals surface area contributed by atoms with Crippen molar-refractivity contribution in [3.05, 3.63) is 0 Å². The molecule has 0 rings (SSSR count). The summed E-state index contributed by atoms with van der Waals surface area (Å²) in [5, 5.41) is 10.9. The Morgan fingerprint density at radius 1 is 1.64 bits per heavy atom. The van der Waals surface area contributed by atoms with E-state index in [-0.39, 0.29) is 13.2 Å². The number of aliphatic hydroxyl groups is 1. The first-order valence-electron chi connectivity index (χ1n) is 2.84. The van der Waals surface area contributed by atoms with Gasteiger partial charge in [-0.3, -0.25) is 10.1 Å². The van der Waals surface area contributed by atoms with Gasteiger partial charge >= 0.3 is 8.60 Å². The first kappa shape index (κ1) is 10.9. The minimum absolute atomic E-state index is 0.0314. The second-order valence-corrected chi connectivity index (χ2v) is 2.38. The van der Waals surface area contributed by atoms with Crippen molar-refractivity contribution in [3.63, 3.8) is 0 Å². The van der Waals surface area contributed by atoms with Crippen LogP contribution in [0.5, 0.6) is 0 Å². The monoisotopic (exact) mass is 183 g/mol. The van der Waals surface area contributed by atoms with Gasteiger partial charge < -0.3 is 19.4 Å². The Morgan fingerprint density at radius 2 is 2.27 bits per heavy atom. The normalized spacial score (nSPS) is 13.5. The van der Waals surface area contributed by atoms with Crippen molar-refractivity contribution in [2.75, 3.05) is 13.2 Å². The van der Waals surface area contributed by atoms with Gasteiger partial charge in [0, 0.05) is 6.54 Å². The summed E-state index contributed by atoms with van der Waals surface area (Å²) in [6.07, 6.45) is -0.900. The molecule has 0 aliphatic rings. The van der Waals surface area contributed by atoms with E-state index in [2.05, 4.69) is 9.84 Å². The number of aldehydes is 1. The molecular weight excluding hydrogens is 173 g/mol. The first-order chi connectivity index (χ1) is 5.16. The lowest BCUT2D eigenvalue weighted by molar-refractivity contribution is -0.116. The van der Waals surface area contributed by atoms with Crippen molar-refractivity contribution in [3.8, 4) is 0 Å². The van der Waals surface area contributed by atoms with E-state index in [1.807, 2.05) is 0 Å². The van der Waals surface area contributed by atoms with Crippen LogP contribution in [-0.4, -0.2) is 40.6 Å². The zero-order valence-corrected chi connectivity index (χ0v) is 6.57. The van der Waals surface area contributed by atoms with Gasteiger partial charge in [0.25, 0.3) is 0 Å². The molecule has 4 N–H and O–H groups in total. The molecular formula is C4H10NO5P. The van der Waals surface area contributed by atoms with Crippen molar-refractivity contribution >= 4 is 14.9 Å². The lowest BCUT2D eigenvalue weighted by Crippen LogP contribution is -2.32. The topological polar surface area (TPSA) is 99.0 Å². The van der Waals surface area contributed by atoms with Crippen LogP contribution in [-0.2, 0) is 9.32 Å². The average Bonchev–Trinajstić information content (AvgIpc) is 1.97. The molecule has 11 heavy (non-hydrogen) atoms. The molecule has 0 aromatic rings. The van der Waals surface area contributed by atoms with Crippen LogP contribution in [0.25, 0.3) is 0 Å². The lowest BCUT2D eigenvalue weighted by atomic mass is 10.6. The molecule has 0 heterocycles. The van der Waals surface area contributed by atoms with Gasteiger partial charge in [0.05, 0.1) is 6.61 Å². The van der Waals surface area contributed by atoms with E-state index in [1.54, 1.807) is 0 Å². The molecule has 7 heteroatoms. The minimum atomic E-state index is -2.35. The van der Waals surface area contributed by atoms with Crippen LogP contribution in [0.4, 0.5) is 0 Å². The smallest absolute Gasteiger partial charge is 0.327 e. The highest BCUT2D eigenvalue weighted by atomic mass is 31.2. The highest BCUT2D eigenvalue weighted by molar-refractivity contribution is 7.39. The number of carbonyl (C=O) groups excluding carboxylic acids is 1. The van der Waals surface area contributed by atoms with E-state index < -0.39 is 14.8 Å². The predicted octanol–water partition coefficient (Wildman–Crippen LogP) is -1.68. The molecule has 0 bridgehead atoms. The SMILES string of the molecule is O=CC(O)NCCOP(O)O. The van der Waals surface area contributed by atoms with Gasteiger partial charge in [-0.15, -0.1) is 0 Å². The van der Waals surface area contributed by atoms with Gasteiger partial charge in [0.15, 0.2) is 12.5 Å². The number of rotatable bonds is 6. The van der Waals surface area contributed by atoms with Crippen molar-refractivity contribution in [1.82, 2.24) is 5.32 Å². The molecule has 0 aliphatic heterocycles. The molecule has 0 aliphatic carbocycles. The highest BCUT2D eigenvalue weighted by Crippen LogP contribution is 2.22. The van der Waals surface area contributed by atoms with Gasteiger partial charge in [-0.2, -0.15) is 0 Å². The maximum Gasteiger partial charge on any atom is 0.327 e. The van der Waals surface area contributed by atoms with Crippen LogP contribution in [0.15, 0.2) is 0 Å². The molecule has 1 atom stereocenters. The highest BCUT2D eigenvalue weighted by Gasteiger charge is 2.00. The molecule has 0 radical (unpaired) electrons. The van der Waals surface area contributed by atoms with Crippen molar-refractivity contribution in [2.45, 2.75) is 6.23 Å². The molecule has 0 fully saturated rings.